The van der Waals surface area contributed by atoms with Crippen LogP contribution in [-0.2, 0) is 9.53 Å². The molecule has 0 saturated carbocycles. The van der Waals surface area contributed by atoms with Gasteiger partial charge in [0, 0.05) is 6.42 Å². The molecule has 3 heteroatoms. The molecule has 0 atom stereocenters. The maximum Gasteiger partial charge on any atom is 0.305 e. The molecule has 0 fully saturated rings. The van der Waals surface area contributed by atoms with E-state index in [2.05, 4.69) is 26.0 Å². The molecule has 0 heterocycles. The molecule has 0 rings (SSSR count). The second kappa shape index (κ2) is 23.7. The van der Waals surface area contributed by atoms with Gasteiger partial charge < -0.3 is 4.74 Å². The van der Waals surface area contributed by atoms with Gasteiger partial charge in [-0.3, -0.25) is 4.79 Å². The largest absolute Gasteiger partial charge is 0.466 e. The first-order valence-corrected chi connectivity index (χ1v) is 10.6. The molecule has 0 aliphatic carbocycles. The van der Waals surface area contributed by atoms with E-state index in [4.69, 9.17) is 4.74 Å². The zero-order valence-corrected chi connectivity index (χ0v) is 16.5. The highest BCUT2D eigenvalue weighted by Crippen LogP contribution is 2.10. The standard InChI is InChI=1S/C22H42O2.Al.3H/c1-3-5-7-8-9-10-11-12-13-14-15-16-17-18-19-20-22(23)24-21-6-4-2;;;;/h12-13H,3-11,14-21H2,1-2H3;;;;/b13-12-;;;;. The number of carbonyl (C=O) groups is 1. The van der Waals surface area contributed by atoms with Crippen LogP contribution in [0.3, 0.4) is 0 Å². The molecular weight excluding hydrogens is 323 g/mol. The Labute approximate surface area is 168 Å². The van der Waals surface area contributed by atoms with E-state index in [1.807, 2.05) is 0 Å². The fourth-order valence-electron chi connectivity index (χ4n) is 2.74. The second-order valence-electron chi connectivity index (χ2n) is 6.91. The Bertz CT molecular complexity index is 290. The van der Waals surface area contributed by atoms with Crippen LogP contribution in [0.4, 0.5) is 0 Å². The third-order valence-corrected chi connectivity index (χ3v) is 4.40. The van der Waals surface area contributed by atoms with Crippen LogP contribution in [0, 0.1) is 0 Å². The Kier molecular flexibility index (Phi) is 25.6. The summed E-state index contributed by atoms with van der Waals surface area (Å²) in [5, 5.41) is 0. The highest BCUT2D eigenvalue weighted by molar-refractivity contribution is 5.75. The van der Waals surface area contributed by atoms with Gasteiger partial charge in [-0.1, -0.05) is 83.8 Å². The average Bonchev–Trinajstić information content (AvgIpc) is 2.58. The topological polar surface area (TPSA) is 26.3 Å². The minimum atomic E-state index is -0.0129. The zero-order valence-electron chi connectivity index (χ0n) is 16.5. The van der Waals surface area contributed by atoms with E-state index in [-0.39, 0.29) is 23.3 Å². The van der Waals surface area contributed by atoms with Gasteiger partial charge in [0.2, 0.25) is 0 Å². The Hall–Kier alpha value is -0.258. The summed E-state index contributed by atoms with van der Waals surface area (Å²) in [6.07, 6.45) is 24.1. The molecule has 0 N–H and O–H groups in total. The Morgan fingerprint density at radius 1 is 0.680 bits per heavy atom. The molecule has 0 aromatic carbocycles. The van der Waals surface area contributed by atoms with E-state index >= 15 is 0 Å². The van der Waals surface area contributed by atoms with Gasteiger partial charge in [-0.05, 0) is 38.5 Å². The van der Waals surface area contributed by atoms with Crippen LogP contribution in [0.5, 0.6) is 0 Å². The summed E-state index contributed by atoms with van der Waals surface area (Å²) in [7, 11) is 0. The summed E-state index contributed by atoms with van der Waals surface area (Å²) in [6, 6.07) is 0. The van der Waals surface area contributed by atoms with Crippen molar-refractivity contribution in [3.63, 3.8) is 0 Å². The molecule has 0 saturated heterocycles. The Balaban J connectivity index is 0. The van der Waals surface area contributed by atoms with Crippen LogP contribution in [0.15, 0.2) is 12.2 Å². The molecule has 2 nitrogen and oxygen atoms in total. The van der Waals surface area contributed by atoms with E-state index in [1.54, 1.807) is 0 Å². The summed E-state index contributed by atoms with van der Waals surface area (Å²) < 4.78 is 5.15. The molecule has 0 aromatic heterocycles. The number of esters is 1. The second-order valence-corrected chi connectivity index (χ2v) is 6.91. The van der Waals surface area contributed by atoms with Crippen LogP contribution in [0.25, 0.3) is 0 Å². The maximum absolute atomic E-state index is 11.4. The summed E-state index contributed by atoms with van der Waals surface area (Å²) in [4.78, 5) is 11.4. The van der Waals surface area contributed by atoms with Gasteiger partial charge in [-0.25, -0.2) is 0 Å². The minimum Gasteiger partial charge on any atom is -0.466 e. The lowest BCUT2D eigenvalue weighted by atomic mass is 10.1. The quantitative estimate of drug-likeness (QED) is 0.125. The fourth-order valence-corrected chi connectivity index (χ4v) is 2.74. The number of hydrogen-bond donors (Lipinski definition) is 0. The van der Waals surface area contributed by atoms with Gasteiger partial charge >= 0.3 is 5.97 Å². The van der Waals surface area contributed by atoms with Crippen molar-refractivity contribution >= 4 is 23.3 Å². The molecule has 25 heavy (non-hydrogen) atoms. The molecule has 0 spiro atoms. The first-order chi connectivity index (χ1) is 11.8. The van der Waals surface area contributed by atoms with E-state index in [1.165, 1.54) is 70.6 Å². The Morgan fingerprint density at radius 2 is 1.16 bits per heavy atom. The number of unbranched alkanes of at least 4 members (excludes halogenated alkanes) is 12. The van der Waals surface area contributed by atoms with E-state index in [9.17, 15) is 4.79 Å². The molecular formula is C22H45AlO2. The predicted molar refractivity (Wildman–Crippen MR) is 115 cm³/mol. The number of rotatable bonds is 18. The lowest BCUT2D eigenvalue weighted by Gasteiger charge is -2.03. The van der Waals surface area contributed by atoms with Crippen molar-refractivity contribution in [1.82, 2.24) is 0 Å². The van der Waals surface area contributed by atoms with Crippen molar-refractivity contribution in [2.75, 3.05) is 6.61 Å². The van der Waals surface area contributed by atoms with E-state index < -0.39 is 0 Å². The third kappa shape index (κ3) is 23.7. The third-order valence-electron chi connectivity index (χ3n) is 4.40. The SMILES string of the molecule is CCCCCCCC/C=C\CCCCCCCC(=O)OCCCC.[AlH3]. The minimum absolute atomic E-state index is 0. The molecule has 0 bridgehead atoms. The molecule has 0 aromatic rings. The van der Waals surface area contributed by atoms with Gasteiger partial charge in [0.1, 0.15) is 0 Å². The zero-order chi connectivity index (χ0) is 17.7. The maximum atomic E-state index is 11.4. The summed E-state index contributed by atoms with van der Waals surface area (Å²) in [6.45, 7) is 4.98. The summed E-state index contributed by atoms with van der Waals surface area (Å²) in [5.41, 5.74) is 0. The predicted octanol–water partition coefficient (Wildman–Crippen LogP) is 6.18. The van der Waals surface area contributed by atoms with Gasteiger partial charge in [-0.2, -0.15) is 0 Å². The van der Waals surface area contributed by atoms with Gasteiger partial charge in [-0.15, -0.1) is 0 Å². The first kappa shape index (κ1) is 27.0. The van der Waals surface area contributed by atoms with Crippen molar-refractivity contribution in [1.29, 1.82) is 0 Å². The fraction of sp³-hybridized carbons (Fsp3) is 0.864. The lowest BCUT2D eigenvalue weighted by Crippen LogP contribution is -2.05. The molecule has 148 valence electrons. The van der Waals surface area contributed by atoms with Gasteiger partial charge in [0.25, 0.3) is 0 Å². The van der Waals surface area contributed by atoms with Crippen LogP contribution in [0.2, 0.25) is 0 Å². The molecule has 0 aliphatic heterocycles. The van der Waals surface area contributed by atoms with Crippen molar-refractivity contribution < 1.29 is 9.53 Å². The average molecular weight is 369 g/mol. The van der Waals surface area contributed by atoms with E-state index in [0.717, 1.165) is 25.7 Å². The van der Waals surface area contributed by atoms with Crippen molar-refractivity contribution in [3.05, 3.63) is 12.2 Å². The van der Waals surface area contributed by atoms with Crippen molar-refractivity contribution in [3.8, 4) is 0 Å². The Morgan fingerprint density at radius 3 is 1.72 bits per heavy atom. The lowest BCUT2D eigenvalue weighted by molar-refractivity contribution is -0.143. The normalized spacial score (nSPS) is 10.8. The van der Waals surface area contributed by atoms with Crippen LogP contribution >= 0.6 is 0 Å². The summed E-state index contributed by atoms with van der Waals surface area (Å²) in [5.74, 6) is -0.0129. The molecule has 0 radical (unpaired) electrons. The summed E-state index contributed by atoms with van der Waals surface area (Å²) >= 11 is 0. The molecule has 0 unspecified atom stereocenters. The van der Waals surface area contributed by atoms with Gasteiger partial charge in [0.15, 0.2) is 17.4 Å². The van der Waals surface area contributed by atoms with Crippen LogP contribution in [0.1, 0.15) is 117 Å². The molecule has 0 amide bonds. The number of carbonyl (C=O) groups excluding carboxylic acids is 1. The highest BCUT2D eigenvalue weighted by Gasteiger charge is 2.01. The highest BCUT2D eigenvalue weighted by atomic mass is 27.0. The van der Waals surface area contributed by atoms with E-state index in [0.29, 0.717) is 13.0 Å². The van der Waals surface area contributed by atoms with Crippen molar-refractivity contribution in [2.45, 2.75) is 117 Å². The van der Waals surface area contributed by atoms with Crippen molar-refractivity contribution in [2.24, 2.45) is 0 Å². The smallest absolute Gasteiger partial charge is 0.305 e. The van der Waals surface area contributed by atoms with Crippen LogP contribution < -0.4 is 0 Å². The van der Waals surface area contributed by atoms with Crippen LogP contribution in [-0.4, -0.2) is 29.9 Å². The monoisotopic (exact) mass is 368 g/mol. The van der Waals surface area contributed by atoms with Gasteiger partial charge in [0.05, 0.1) is 6.61 Å². The number of hydrogen-bond acceptors (Lipinski definition) is 2. The number of allylic oxidation sites excluding steroid dienone is 2. The number of ether oxygens (including phenoxy) is 1. The first-order valence-electron chi connectivity index (χ1n) is 10.6. The molecule has 0 aliphatic rings.